The molecule has 5 heterocycles. The summed E-state index contributed by atoms with van der Waals surface area (Å²) in [6, 6.07) is 37.3. The first-order chi connectivity index (χ1) is 63.0. The van der Waals surface area contributed by atoms with Crippen LogP contribution in [0.3, 0.4) is 0 Å². The Morgan fingerprint density at radius 2 is 0.758 bits per heavy atom. The Labute approximate surface area is 735 Å². The molecule has 0 aromatic heterocycles. The molecular formula is C97H70O35. The molecule has 35 nitrogen and oxygen atoms in total. The second kappa shape index (κ2) is 34.1. The number of hydrogen-bond acceptors (Lipinski definition) is 30. The van der Waals surface area contributed by atoms with E-state index in [1.807, 2.05) is 12.2 Å². The van der Waals surface area contributed by atoms with Crippen molar-refractivity contribution in [2.45, 2.75) is 56.8 Å². The van der Waals surface area contributed by atoms with Crippen molar-refractivity contribution in [2.24, 2.45) is 23.7 Å². The van der Waals surface area contributed by atoms with Crippen molar-refractivity contribution in [1.29, 1.82) is 0 Å². The Bertz CT molecular complexity index is 7930. The number of allylic oxidation sites excluding steroid dienone is 2. The molecule has 132 heavy (non-hydrogen) atoms. The predicted octanol–water partition coefficient (Wildman–Crippen LogP) is 15.1. The van der Waals surface area contributed by atoms with Crippen LogP contribution in [0.15, 0.2) is 222 Å². The van der Waals surface area contributed by atoms with Gasteiger partial charge in [-0.05, 0) is 210 Å². The fraction of sp³-hybridized carbons (Fsp3) is 0.134. The third kappa shape index (κ3) is 15.2. The van der Waals surface area contributed by atoms with Gasteiger partial charge in [0.15, 0.2) is 85.5 Å². The number of phenols is 15. The highest BCUT2D eigenvalue weighted by molar-refractivity contribution is 6.16. The van der Waals surface area contributed by atoms with Gasteiger partial charge in [0.2, 0.25) is 84.6 Å². The van der Waals surface area contributed by atoms with Crippen LogP contribution in [0.4, 0.5) is 0 Å². The van der Waals surface area contributed by atoms with Gasteiger partial charge in [0, 0.05) is 84.1 Å². The minimum Gasteiger partial charge on any atom is -0.504 e. The van der Waals surface area contributed by atoms with Crippen LogP contribution in [0.5, 0.6) is 86.2 Å². The number of hydrogen-bond donors (Lipinski definition) is 20. The summed E-state index contributed by atoms with van der Waals surface area (Å²) < 4.78 is 27.6. The summed E-state index contributed by atoms with van der Waals surface area (Å²) >= 11 is 0. The molecule has 2 bridgehead atoms. The zero-order chi connectivity index (χ0) is 94.3. The maximum atomic E-state index is 12.0. The minimum atomic E-state index is -1.19. The molecule has 668 valence electrons. The summed E-state index contributed by atoms with van der Waals surface area (Å²) in [5.74, 6) is -16.2. The van der Waals surface area contributed by atoms with Crippen LogP contribution in [-0.2, 0) is 25.6 Å². The van der Waals surface area contributed by atoms with Gasteiger partial charge in [-0.2, -0.15) is 0 Å². The Balaban J connectivity index is 0.000000121. The second-order valence-electron chi connectivity index (χ2n) is 31.4. The molecule has 35 heteroatoms. The van der Waals surface area contributed by atoms with E-state index in [9.17, 15) is 140 Å². The number of aromatic carboxylic acids is 1. The Morgan fingerprint density at radius 3 is 1.24 bits per heavy atom. The molecule has 2 saturated carbocycles. The number of aliphatic carboxylic acids is 4. The first-order valence-electron chi connectivity index (χ1n) is 40.1. The average molecular weight is 1800 g/mol. The second-order valence-corrected chi connectivity index (χ2v) is 31.4. The maximum Gasteiger partial charge on any atom is 0.336 e. The van der Waals surface area contributed by atoms with Crippen molar-refractivity contribution in [3.8, 4) is 154 Å². The van der Waals surface area contributed by atoms with Crippen molar-refractivity contribution in [3.63, 3.8) is 0 Å². The molecule has 2 fully saturated rings. The third-order valence-electron chi connectivity index (χ3n) is 23.9. The number of benzene rings is 12. The molecule has 0 amide bonds. The molecule has 6 atom stereocenters. The van der Waals surface area contributed by atoms with E-state index >= 15 is 0 Å². The fourth-order valence-corrected chi connectivity index (χ4v) is 17.9. The number of fused-ring (bicyclic) bond motifs is 13. The topological polar surface area (TPSA) is 641 Å². The van der Waals surface area contributed by atoms with Crippen LogP contribution in [0, 0.1) is 23.7 Å². The molecular weight excluding hydrogens is 1730 g/mol. The van der Waals surface area contributed by atoms with E-state index in [0.29, 0.717) is 113 Å². The molecule has 7 aromatic carbocycles. The number of aryl methyl sites for hydroxylation is 1. The Kier molecular flexibility index (Phi) is 22.6. The normalized spacial score (nSPS) is 16.2. The largest absolute Gasteiger partial charge is 0.504 e. The van der Waals surface area contributed by atoms with E-state index in [4.69, 9.17) is 32.3 Å². The summed E-state index contributed by atoms with van der Waals surface area (Å²) in [4.78, 5) is 116. The zero-order valence-corrected chi connectivity index (χ0v) is 67.8. The van der Waals surface area contributed by atoms with Crippen molar-refractivity contribution < 1.29 is 148 Å². The molecule has 20 N–H and O–H groups in total. The molecule has 20 rings (SSSR count). The first-order valence-corrected chi connectivity index (χ1v) is 40.1. The Hall–Kier alpha value is -17.9. The number of carboxylic acid groups (broad SMARTS) is 5. The van der Waals surface area contributed by atoms with Gasteiger partial charge >= 0.3 is 29.8 Å². The lowest BCUT2D eigenvalue weighted by Gasteiger charge is -2.31. The van der Waals surface area contributed by atoms with Crippen molar-refractivity contribution in [2.75, 3.05) is 0 Å². The van der Waals surface area contributed by atoms with Gasteiger partial charge in [-0.1, -0.05) is 55.3 Å². The summed E-state index contributed by atoms with van der Waals surface area (Å²) in [7, 11) is 0. The lowest BCUT2D eigenvalue weighted by Crippen LogP contribution is -2.26. The fourth-order valence-electron chi connectivity index (χ4n) is 17.9. The van der Waals surface area contributed by atoms with E-state index in [1.165, 1.54) is 109 Å². The van der Waals surface area contributed by atoms with Crippen molar-refractivity contribution in [3.05, 3.63) is 255 Å². The standard InChI is InChI=1S/C24H14O7.C21H16O7.C20H18O7.C16H12O7.C16H10O7/c25-16-9-7-13-19(12-5-1-3-11-4-2-6-15(18(11)12)24(29)30)14-8-10-17(26)21(28)23(14)31-22(13)20(16)27;22-12-5-3-10-16(14-8-1-2-9(7-8)15(14)21(26)27)11-4-6-13(23)18(25)20(11)28-19(10)17(12)24;21-13-7-5-11-15(9-3-1-2-4-10(9)20(25)26)12-6-8-14(22)17(24)19(12)27-18(11)16(13)23;2*17-10-4-1-8-7(3-6-12(19)20)9-2-5-11(18)14(22)16(9)23-15(8)13(10)21/h1-10,25,27-28H,(H,29,30);1-6,8-9,14-15,22,24-25H,7H2,(H,26,27);5-10,21,23-24H,1-4H2,(H,25,26);1-2,4-5,17,21-22H,3,6H2,(H,19,20);1-6,17,21-22H,(H,19,20)/b;;;;6-3+. The SMILES string of the molecule is O=C(O)/C=C/c1c2ccc(=O)c(O)c-2oc2c(O)c(O)ccc12.O=C(O)C1C2C=CC(C2)C1c1c2ccc(=O)c(O)c-2oc2c(O)c(O)ccc12.O=C(O)C1CCCCC1c1c2ccc(=O)c(O)c-2oc2c(O)c(O)ccc12.O=C(O)CCc1c2ccc(=O)c(O)c-2oc2c(O)c(O)ccc12.O=C(O)c1cccc2cccc(-c3c4ccc(=O)c(O)c-4oc4c(O)c(O)ccc34)c12. The van der Waals surface area contributed by atoms with E-state index in [1.54, 1.807) is 42.5 Å². The summed E-state index contributed by atoms with van der Waals surface area (Å²) in [6.45, 7) is 0. The number of aromatic hydroxyl groups is 15. The van der Waals surface area contributed by atoms with E-state index in [0.717, 1.165) is 31.1 Å². The Morgan fingerprint density at radius 1 is 0.364 bits per heavy atom. The lowest BCUT2D eigenvalue weighted by molar-refractivity contribution is -0.144. The predicted molar refractivity (Wildman–Crippen MR) is 470 cm³/mol. The highest BCUT2D eigenvalue weighted by atomic mass is 16.4. The van der Waals surface area contributed by atoms with Crippen molar-refractivity contribution in [1.82, 2.24) is 0 Å². The molecule has 7 aromatic rings. The van der Waals surface area contributed by atoms with Crippen LogP contribution in [0.1, 0.15) is 83.0 Å². The lowest BCUT2D eigenvalue weighted by atomic mass is 9.73. The van der Waals surface area contributed by atoms with Gasteiger partial charge in [-0.15, -0.1) is 0 Å². The number of carbonyl (C=O) groups is 5. The monoisotopic (exact) mass is 1790 g/mol. The highest BCUT2D eigenvalue weighted by Crippen LogP contribution is 2.59. The number of phenolic OH excluding ortho intramolecular Hbond substituents is 15. The van der Waals surface area contributed by atoms with Gasteiger partial charge in [0.25, 0.3) is 0 Å². The highest BCUT2D eigenvalue weighted by Gasteiger charge is 2.51. The first kappa shape index (κ1) is 87.6. The van der Waals surface area contributed by atoms with Crippen LogP contribution in [-0.4, -0.2) is 132 Å². The van der Waals surface area contributed by atoms with Crippen LogP contribution >= 0.6 is 0 Å². The van der Waals surface area contributed by atoms with Crippen LogP contribution < -0.4 is 27.1 Å². The number of carboxylic acids is 5. The number of rotatable bonds is 11. The van der Waals surface area contributed by atoms with Gasteiger partial charge in [0.1, 0.15) is 0 Å². The van der Waals surface area contributed by atoms with Gasteiger partial charge in [-0.3, -0.25) is 38.4 Å². The molecule has 8 aliphatic carbocycles. The summed E-state index contributed by atoms with van der Waals surface area (Å²) in [5.41, 5.74) is 0.937. The molecule has 5 aliphatic heterocycles. The smallest absolute Gasteiger partial charge is 0.336 e. The van der Waals surface area contributed by atoms with Gasteiger partial charge in [-0.25, -0.2) is 9.59 Å². The summed E-state index contributed by atoms with van der Waals surface area (Å²) in [6.07, 6.45) is 9.46. The average Bonchev–Trinajstić information content (AvgIpc) is 1.69. The molecule has 6 unspecified atom stereocenters. The molecule has 13 aliphatic rings. The van der Waals surface area contributed by atoms with E-state index in [2.05, 4.69) is 0 Å². The van der Waals surface area contributed by atoms with Crippen LogP contribution in [0.25, 0.3) is 139 Å². The van der Waals surface area contributed by atoms with Crippen molar-refractivity contribution >= 4 is 102 Å². The molecule has 0 radical (unpaired) electrons. The quantitative estimate of drug-likeness (QED) is 0.0247. The molecule has 0 saturated heterocycles. The van der Waals surface area contributed by atoms with E-state index < -0.39 is 161 Å². The van der Waals surface area contributed by atoms with Gasteiger partial charge < -0.3 is 124 Å². The molecule has 0 spiro atoms. The van der Waals surface area contributed by atoms with Crippen LogP contribution in [0.2, 0.25) is 0 Å². The minimum absolute atomic E-state index is 0.0232. The zero-order valence-electron chi connectivity index (χ0n) is 67.8. The van der Waals surface area contributed by atoms with Gasteiger partial charge in [0.05, 0.1) is 17.4 Å². The summed E-state index contributed by atoms with van der Waals surface area (Å²) in [5, 5.41) is 200. The maximum absolute atomic E-state index is 12.0. The third-order valence-corrected chi connectivity index (χ3v) is 23.9. The van der Waals surface area contributed by atoms with E-state index in [-0.39, 0.29) is 98.4 Å².